The molecule has 0 bridgehead atoms. The Hall–Kier alpha value is -3.12. The van der Waals surface area contributed by atoms with Crippen LogP contribution in [0.4, 0.5) is 4.39 Å². The molecule has 29 heavy (non-hydrogen) atoms. The van der Waals surface area contributed by atoms with Gasteiger partial charge in [-0.3, -0.25) is 9.69 Å². The van der Waals surface area contributed by atoms with Crippen molar-refractivity contribution in [2.75, 3.05) is 19.6 Å². The van der Waals surface area contributed by atoms with E-state index in [1.165, 1.54) is 25.0 Å². The van der Waals surface area contributed by atoms with Crippen molar-refractivity contribution >= 4 is 5.91 Å². The number of amides is 1. The van der Waals surface area contributed by atoms with Crippen LogP contribution >= 0.6 is 0 Å². The second-order valence-electron chi connectivity index (χ2n) is 7.06. The highest BCUT2D eigenvalue weighted by molar-refractivity contribution is 5.94. The molecule has 0 aliphatic carbocycles. The van der Waals surface area contributed by atoms with Gasteiger partial charge in [-0.1, -0.05) is 0 Å². The van der Waals surface area contributed by atoms with Crippen LogP contribution in [0.3, 0.4) is 0 Å². The molecule has 1 N–H and O–H groups in total. The third-order valence-corrected chi connectivity index (χ3v) is 5.07. The molecule has 0 saturated carbocycles. The van der Waals surface area contributed by atoms with Gasteiger partial charge in [0.1, 0.15) is 23.1 Å². The summed E-state index contributed by atoms with van der Waals surface area (Å²) < 4.78 is 24.2. The monoisotopic (exact) mass is 394 g/mol. The van der Waals surface area contributed by atoms with E-state index < -0.39 is 0 Å². The van der Waals surface area contributed by atoms with Gasteiger partial charge in [-0.2, -0.15) is 0 Å². The summed E-state index contributed by atoms with van der Waals surface area (Å²) in [5.41, 5.74) is 0.552. The van der Waals surface area contributed by atoms with E-state index in [-0.39, 0.29) is 17.8 Å². The third kappa shape index (κ3) is 4.84. The lowest BCUT2D eigenvalue weighted by molar-refractivity contribution is 0.0933. The molecule has 1 atom stereocenters. The normalized spacial score (nSPS) is 15.2. The highest BCUT2D eigenvalue weighted by Gasteiger charge is 2.26. The fourth-order valence-electron chi connectivity index (χ4n) is 3.55. The number of rotatable bonds is 7. The van der Waals surface area contributed by atoms with Crippen LogP contribution in [0.25, 0.3) is 0 Å². The Morgan fingerprint density at radius 3 is 2.31 bits per heavy atom. The summed E-state index contributed by atoms with van der Waals surface area (Å²) in [6.07, 6.45) is 4.00. The van der Waals surface area contributed by atoms with Crippen LogP contribution in [0.15, 0.2) is 71.3 Å². The lowest BCUT2D eigenvalue weighted by atomic mass is 10.1. The highest BCUT2D eigenvalue weighted by Crippen LogP contribution is 2.25. The molecule has 3 aromatic rings. The van der Waals surface area contributed by atoms with Gasteiger partial charge < -0.3 is 14.5 Å². The number of hydrogen-bond donors (Lipinski definition) is 1. The third-order valence-electron chi connectivity index (χ3n) is 5.07. The number of hydrogen-bond acceptors (Lipinski definition) is 4. The number of nitrogens with one attached hydrogen (secondary N) is 1. The van der Waals surface area contributed by atoms with Crippen molar-refractivity contribution in [3.8, 4) is 11.5 Å². The van der Waals surface area contributed by atoms with E-state index in [2.05, 4.69) is 10.2 Å². The zero-order valence-corrected chi connectivity index (χ0v) is 16.0. The molecule has 1 saturated heterocycles. The SMILES string of the molecule is O=C(NC[C@@H](c1ccco1)N1CCCC1)c1ccc(Oc2ccc(F)cc2)cc1. The summed E-state index contributed by atoms with van der Waals surface area (Å²) in [7, 11) is 0. The Labute approximate surface area is 169 Å². The number of benzene rings is 2. The molecular weight excluding hydrogens is 371 g/mol. The zero-order chi connectivity index (χ0) is 20.1. The molecule has 2 heterocycles. The number of likely N-dealkylation sites (tertiary alicyclic amines) is 1. The number of carbonyl (C=O) groups is 1. The average molecular weight is 394 g/mol. The molecule has 4 rings (SSSR count). The molecular formula is C23H23FN2O3. The van der Waals surface area contributed by atoms with E-state index in [0.29, 0.717) is 23.6 Å². The molecule has 0 radical (unpaired) electrons. The molecule has 1 aliphatic rings. The van der Waals surface area contributed by atoms with Crippen molar-refractivity contribution in [2.24, 2.45) is 0 Å². The fraction of sp³-hybridized carbons (Fsp3) is 0.261. The van der Waals surface area contributed by atoms with Gasteiger partial charge in [0.05, 0.1) is 12.3 Å². The van der Waals surface area contributed by atoms with E-state index in [9.17, 15) is 9.18 Å². The predicted octanol–water partition coefficient (Wildman–Crippen LogP) is 4.78. The van der Waals surface area contributed by atoms with Gasteiger partial charge in [-0.25, -0.2) is 4.39 Å². The summed E-state index contributed by atoms with van der Waals surface area (Å²) in [6.45, 7) is 2.51. The quantitative estimate of drug-likeness (QED) is 0.627. The maximum Gasteiger partial charge on any atom is 0.251 e. The Bertz CT molecular complexity index is 918. The molecule has 0 unspecified atom stereocenters. The first kappa shape index (κ1) is 19.2. The smallest absolute Gasteiger partial charge is 0.251 e. The van der Waals surface area contributed by atoms with E-state index in [4.69, 9.17) is 9.15 Å². The number of ether oxygens (including phenoxy) is 1. The Morgan fingerprint density at radius 2 is 1.69 bits per heavy atom. The number of halogens is 1. The van der Waals surface area contributed by atoms with Crippen LogP contribution in [-0.4, -0.2) is 30.4 Å². The van der Waals surface area contributed by atoms with E-state index in [0.717, 1.165) is 18.8 Å². The largest absolute Gasteiger partial charge is 0.468 e. The van der Waals surface area contributed by atoms with Crippen LogP contribution in [0.5, 0.6) is 11.5 Å². The molecule has 150 valence electrons. The van der Waals surface area contributed by atoms with Gasteiger partial charge in [-0.15, -0.1) is 0 Å². The number of carbonyl (C=O) groups excluding carboxylic acids is 1. The Morgan fingerprint density at radius 1 is 1.03 bits per heavy atom. The molecule has 0 spiro atoms. The van der Waals surface area contributed by atoms with Crippen LogP contribution in [0.2, 0.25) is 0 Å². The fourth-order valence-corrected chi connectivity index (χ4v) is 3.55. The minimum atomic E-state index is -0.314. The Kier molecular flexibility index (Phi) is 5.91. The van der Waals surface area contributed by atoms with Crippen molar-refractivity contribution in [2.45, 2.75) is 18.9 Å². The summed E-state index contributed by atoms with van der Waals surface area (Å²) in [5.74, 6) is 1.53. The van der Waals surface area contributed by atoms with Gasteiger partial charge >= 0.3 is 0 Å². The summed E-state index contributed by atoms with van der Waals surface area (Å²) in [6, 6.07) is 16.5. The molecule has 1 aromatic heterocycles. The van der Waals surface area contributed by atoms with Crippen LogP contribution in [0, 0.1) is 5.82 Å². The van der Waals surface area contributed by atoms with E-state index in [1.807, 2.05) is 12.1 Å². The van der Waals surface area contributed by atoms with Crippen molar-refractivity contribution in [1.82, 2.24) is 10.2 Å². The molecule has 1 fully saturated rings. The second-order valence-corrected chi connectivity index (χ2v) is 7.06. The van der Waals surface area contributed by atoms with E-state index >= 15 is 0 Å². The van der Waals surface area contributed by atoms with Crippen molar-refractivity contribution < 1.29 is 18.3 Å². The maximum atomic E-state index is 13.0. The van der Waals surface area contributed by atoms with Crippen LogP contribution < -0.4 is 10.1 Å². The topological polar surface area (TPSA) is 54.7 Å². The average Bonchev–Trinajstić information content (AvgIpc) is 3.45. The van der Waals surface area contributed by atoms with Crippen LogP contribution in [-0.2, 0) is 0 Å². The predicted molar refractivity (Wildman–Crippen MR) is 108 cm³/mol. The number of furan rings is 1. The van der Waals surface area contributed by atoms with Gasteiger partial charge in [0, 0.05) is 12.1 Å². The van der Waals surface area contributed by atoms with Gasteiger partial charge in [-0.05, 0) is 86.6 Å². The molecule has 5 nitrogen and oxygen atoms in total. The zero-order valence-electron chi connectivity index (χ0n) is 16.0. The molecule has 1 amide bonds. The van der Waals surface area contributed by atoms with Gasteiger partial charge in [0.15, 0.2) is 0 Å². The first-order valence-electron chi connectivity index (χ1n) is 9.78. The molecule has 6 heteroatoms. The minimum absolute atomic E-state index is 0.0394. The molecule has 2 aromatic carbocycles. The number of nitrogens with zero attached hydrogens (tertiary/aromatic N) is 1. The summed E-state index contributed by atoms with van der Waals surface area (Å²) >= 11 is 0. The minimum Gasteiger partial charge on any atom is -0.468 e. The lowest BCUT2D eigenvalue weighted by Gasteiger charge is -2.26. The van der Waals surface area contributed by atoms with Gasteiger partial charge in [0.2, 0.25) is 0 Å². The van der Waals surface area contributed by atoms with Crippen LogP contribution in [0.1, 0.15) is 35.0 Å². The lowest BCUT2D eigenvalue weighted by Crippen LogP contribution is -2.36. The summed E-state index contributed by atoms with van der Waals surface area (Å²) in [5, 5.41) is 3.02. The maximum absolute atomic E-state index is 13.0. The van der Waals surface area contributed by atoms with Crippen molar-refractivity contribution in [3.05, 3.63) is 84.1 Å². The first-order chi connectivity index (χ1) is 14.2. The van der Waals surface area contributed by atoms with Crippen molar-refractivity contribution in [1.29, 1.82) is 0 Å². The van der Waals surface area contributed by atoms with Gasteiger partial charge in [0.25, 0.3) is 5.91 Å². The first-order valence-corrected chi connectivity index (χ1v) is 9.78. The highest BCUT2D eigenvalue weighted by atomic mass is 19.1. The second kappa shape index (κ2) is 8.92. The molecule has 1 aliphatic heterocycles. The standard InChI is InChI=1S/C23H23FN2O3/c24-18-7-11-20(12-8-18)29-19-9-5-17(6-10-19)23(27)25-16-21(22-4-3-15-28-22)26-13-1-2-14-26/h3-12,15,21H,1-2,13-14,16H2,(H,25,27)/t21-/m0/s1. The van der Waals surface area contributed by atoms with E-state index in [1.54, 1.807) is 42.7 Å². The Balaban J connectivity index is 1.36. The summed E-state index contributed by atoms with van der Waals surface area (Å²) in [4.78, 5) is 14.9. The van der Waals surface area contributed by atoms with Crippen molar-refractivity contribution in [3.63, 3.8) is 0 Å².